The van der Waals surface area contributed by atoms with Gasteiger partial charge >= 0.3 is 5.97 Å². The van der Waals surface area contributed by atoms with E-state index < -0.39 is 0 Å². The lowest BCUT2D eigenvalue weighted by Crippen LogP contribution is -2.31. The van der Waals surface area contributed by atoms with Crippen molar-refractivity contribution in [3.05, 3.63) is 34.9 Å². The van der Waals surface area contributed by atoms with Crippen LogP contribution in [0.3, 0.4) is 0 Å². The Bertz CT molecular complexity index is 552. The van der Waals surface area contributed by atoms with E-state index in [-0.39, 0.29) is 17.3 Å². The monoisotopic (exact) mass is 259 g/mol. The fraction of sp³-hybridized carbons (Fsp3) is 0.467. The molecule has 1 saturated heterocycles. The van der Waals surface area contributed by atoms with Crippen molar-refractivity contribution in [1.29, 1.82) is 0 Å². The number of nitrogens with one attached hydrogen (secondary N) is 1. The van der Waals surface area contributed by atoms with Gasteiger partial charge in [0.05, 0.1) is 12.7 Å². The second-order valence-electron chi connectivity index (χ2n) is 5.61. The molecule has 0 radical (unpaired) electrons. The van der Waals surface area contributed by atoms with Crippen LogP contribution in [0.4, 0.5) is 0 Å². The summed E-state index contributed by atoms with van der Waals surface area (Å²) in [5.41, 5.74) is 3.18. The third-order valence-corrected chi connectivity index (χ3v) is 4.31. The standard InChI is InChI=1S/C15H17NO3/c1-19-14(18)11-2-3-12-7-15(5-4-10(12)6-11)8-13(17)16-9-15/h2-3,6H,4-5,7-9H2,1H3,(H,16,17)/t15-/m1/s1. The third kappa shape index (κ3) is 2.11. The van der Waals surface area contributed by atoms with E-state index >= 15 is 0 Å². The van der Waals surface area contributed by atoms with Crippen LogP contribution < -0.4 is 5.32 Å². The summed E-state index contributed by atoms with van der Waals surface area (Å²) < 4.78 is 4.74. The minimum atomic E-state index is -0.291. The van der Waals surface area contributed by atoms with E-state index in [2.05, 4.69) is 5.32 Å². The zero-order valence-electron chi connectivity index (χ0n) is 11.0. The molecule has 0 unspecified atom stereocenters. The van der Waals surface area contributed by atoms with Gasteiger partial charge in [0, 0.05) is 18.4 Å². The number of ether oxygens (including phenoxy) is 1. The van der Waals surface area contributed by atoms with E-state index in [1.54, 1.807) is 0 Å². The van der Waals surface area contributed by atoms with E-state index in [1.165, 1.54) is 18.2 Å². The summed E-state index contributed by atoms with van der Waals surface area (Å²) in [6, 6.07) is 5.75. The number of carbonyl (C=O) groups excluding carboxylic acids is 2. The maximum absolute atomic E-state index is 11.5. The molecule has 1 aliphatic carbocycles. The Morgan fingerprint density at radius 2 is 2.16 bits per heavy atom. The molecule has 0 bridgehead atoms. The van der Waals surface area contributed by atoms with Gasteiger partial charge in [-0.25, -0.2) is 4.79 Å². The molecule has 1 atom stereocenters. The smallest absolute Gasteiger partial charge is 0.337 e. The summed E-state index contributed by atoms with van der Waals surface area (Å²) in [6.45, 7) is 0.782. The van der Waals surface area contributed by atoms with Crippen molar-refractivity contribution in [2.45, 2.75) is 25.7 Å². The molecule has 100 valence electrons. The summed E-state index contributed by atoms with van der Waals surface area (Å²) in [5, 5.41) is 2.94. The number of carbonyl (C=O) groups is 2. The highest BCUT2D eigenvalue weighted by atomic mass is 16.5. The number of methoxy groups -OCH3 is 1. The highest BCUT2D eigenvalue weighted by Gasteiger charge is 2.40. The lowest BCUT2D eigenvalue weighted by molar-refractivity contribution is -0.119. The van der Waals surface area contributed by atoms with E-state index in [4.69, 9.17) is 4.74 Å². The molecular weight excluding hydrogens is 242 g/mol. The van der Waals surface area contributed by atoms with E-state index in [1.807, 2.05) is 18.2 Å². The van der Waals surface area contributed by atoms with Crippen LogP contribution >= 0.6 is 0 Å². The first-order valence-electron chi connectivity index (χ1n) is 6.59. The van der Waals surface area contributed by atoms with Gasteiger partial charge in [0.2, 0.25) is 5.91 Å². The Kier molecular flexibility index (Phi) is 2.81. The van der Waals surface area contributed by atoms with Gasteiger partial charge in [0.15, 0.2) is 0 Å². The third-order valence-electron chi connectivity index (χ3n) is 4.31. The fourth-order valence-corrected chi connectivity index (χ4v) is 3.22. The molecule has 0 aromatic heterocycles. The first-order valence-corrected chi connectivity index (χ1v) is 6.59. The second-order valence-corrected chi connectivity index (χ2v) is 5.61. The van der Waals surface area contributed by atoms with E-state index in [0.29, 0.717) is 12.0 Å². The van der Waals surface area contributed by atoms with Crippen molar-refractivity contribution in [1.82, 2.24) is 5.32 Å². The van der Waals surface area contributed by atoms with Gasteiger partial charge in [-0.05, 0) is 42.5 Å². The Hall–Kier alpha value is -1.84. The quantitative estimate of drug-likeness (QED) is 0.777. The van der Waals surface area contributed by atoms with Crippen molar-refractivity contribution >= 4 is 11.9 Å². The van der Waals surface area contributed by atoms with E-state index in [0.717, 1.165) is 25.8 Å². The summed E-state index contributed by atoms with van der Waals surface area (Å²) in [4.78, 5) is 23.0. The van der Waals surface area contributed by atoms with Gasteiger partial charge in [-0.2, -0.15) is 0 Å². The molecule has 1 aromatic carbocycles. The number of rotatable bonds is 1. The van der Waals surface area contributed by atoms with Gasteiger partial charge < -0.3 is 10.1 Å². The van der Waals surface area contributed by atoms with Gasteiger partial charge in [-0.15, -0.1) is 0 Å². The van der Waals surface area contributed by atoms with Crippen LogP contribution in [0.5, 0.6) is 0 Å². The summed E-state index contributed by atoms with van der Waals surface area (Å²) in [5.74, 6) is -0.129. The molecule has 1 amide bonds. The number of fused-ring (bicyclic) bond motifs is 1. The number of benzene rings is 1. The molecule has 1 N–H and O–H groups in total. The van der Waals surface area contributed by atoms with Crippen molar-refractivity contribution in [3.8, 4) is 0 Å². The summed E-state index contributed by atoms with van der Waals surface area (Å²) in [7, 11) is 1.40. The lowest BCUT2D eigenvalue weighted by Gasteiger charge is -2.33. The summed E-state index contributed by atoms with van der Waals surface area (Å²) >= 11 is 0. The number of amides is 1. The zero-order valence-corrected chi connectivity index (χ0v) is 11.0. The van der Waals surface area contributed by atoms with Crippen molar-refractivity contribution in [2.24, 2.45) is 5.41 Å². The Balaban J connectivity index is 1.87. The van der Waals surface area contributed by atoms with E-state index in [9.17, 15) is 9.59 Å². The average Bonchev–Trinajstić information content (AvgIpc) is 2.78. The molecule has 1 spiro atoms. The molecule has 2 aliphatic rings. The normalized spacial score (nSPS) is 25.0. The minimum absolute atomic E-state index is 0.0941. The Morgan fingerprint density at radius 1 is 1.32 bits per heavy atom. The highest BCUT2D eigenvalue weighted by molar-refractivity contribution is 5.89. The predicted molar refractivity (Wildman–Crippen MR) is 69.9 cm³/mol. The average molecular weight is 259 g/mol. The van der Waals surface area contributed by atoms with Crippen molar-refractivity contribution < 1.29 is 14.3 Å². The van der Waals surface area contributed by atoms with Gasteiger partial charge in [-0.3, -0.25) is 4.79 Å². The predicted octanol–water partition coefficient (Wildman–Crippen LogP) is 1.47. The maximum atomic E-state index is 11.5. The van der Waals surface area contributed by atoms with Crippen LogP contribution in [-0.4, -0.2) is 25.5 Å². The Morgan fingerprint density at radius 3 is 2.84 bits per heavy atom. The number of aryl methyl sites for hydroxylation is 1. The number of hydrogen-bond acceptors (Lipinski definition) is 3. The van der Waals surface area contributed by atoms with Gasteiger partial charge in [0.1, 0.15) is 0 Å². The molecule has 4 heteroatoms. The second kappa shape index (κ2) is 4.37. The fourth-order valence-electron chi connectivity index (χ4n) is 3.22. The molecule has 4 nitrogen and oxygen atoms in total. The topological polar surface area (TPSA) is 55.4 Å². The van der Waals surface area contributed by atoms with Crippen LogP contribution in [0.2, 0.25) is 0 Å². The molecule has 3 rings (SSSR count). The molecule has 0 saturated carbocycles. The highest BCUT2D eigenvalue weighted by Crippen LogP contribution is 2.40. The molecule has 1 aliphatic heterocycles. The van der Waals surface area contributed by atoms with Crippen LogP contribution in [0.25, 0.3) is 0 Å². The molecule has 1 heterocycles. The number of hydrogen-bond donors (Lipinski definition) is 1. The van der Waals surface area contributed by atoms with Gasteiger partial charge in [-0.1, -0.05) is 6.07 Å². The maximum Gasteiger partial charge on any atom is 0.337 e. The molecule has 1 aromatic rings. The molecule has 19 heavy (non-hydrogen) atoms. The minimum Gasteiger partial charge on any atom is -0.465 e. The zero-order chi connectivity index (χ0) is 13.5. The van der Waals surface area contributed by atoms with Crippen LogP contribution in [0, 0.1) is 5.41 Å². The summed E-state index contributed by atoms with van der Waals surface area (Å²) in [6.07, 6.45) is 3.48. The lowest BCUT2D eigenvalue weighted by atomic mass is 9.71. The number of esters is 1. The van der Waals surface area contributed by atoms with Crippen molar-refractivity contribution in [3.63, 3.8) is 0 Å². The first kappa shape index (κ1) is 12.2. The van der Waals surface area contributed by atoms with Gasteiger partial charge in [0.25, 0.3) is 0 Å². The van der Waals surface area contributed by atoms with Crippen LogP contribution in [-0.2, 0) is 22.4 Å². The van der Waals surface area contributed by atoms with Crippen LogP contribution in [0.15, 0.2) is 18.2 Å². The SMILES string of the molecule is COC(=O)c1ccc2c(c1)CC[C@@]1(CNC(=O)C1)C2. The molecule has 1 fully saturated rings. The van der Waals surface area contributed by atoms with Crippen molar-refractivity contribution in [2.75, 3.05) is 13.7 Å². The van der Waals surface area contributed by atoms with Crippen LogP contribution in [0.1, 0.15) is 34.3 Å². The molecular formula is C15H17NO3. The Labute approximate surface area is 112 Å². The first-order chi connectivity index (χ1) is 9.12. The largest absolute Gasteiger partial charge is 0.465 e.